The van der Waals surface area contributed by atoms with Gasteiger partial charge in [0.15, 0.2) is 0 Å². The van der Waals surface area contributed by atoms with Crippen molar-refractivity contribution in [2.75, 3.05) is 0 Å². The third kappa shape index (κ3) is 2.11. The van der Waals surface area contributed by atoms with E-state index in [1.807, 2.05) is 42.5 Å². The van der Waals surface area contributed by atoms with E-state index in [9.17, 15) is 0 Å². The Morgan fingerprint density at radius 3 is 2.74 bits per heavy atom. The largest absolute Gasteiger partial charge is 0.256 e. The smallest absolute Gasteiger partial charge is 0.100 e. The van der Waals surface area contributed by atoms with Gasteiger partial charge in [-0.15, -0.1) is 0 Å². The molecule has 1 heterocycles. The molecule has 0 N–H and O–H groups in total. The second kappa shape index (κ2) is 4.83. The quantitative estimate of drug-likeness (QED) is 0.662. The van der Waals surface area contributed by atoms with Gasteiger partial charge in [-0.3, -0.25) is 4.98 Å². The van der Waals surface area contributed by atoms with Gasteiger partial charge in [-0.05, 0) is 39.5 Å². The van der Waals surface area contributed by atoms with E-state index < -0.39 is 0 Å². The molecule has 2 nitrogen and oxygen atoms in total. The number of hydrogen-bond donors (Lipinski definition) is 0. The third-order valence-electron chi connectivity index (χ3n) is 3.03. The van der Waals surface area contributed by atoms with E-state index >= 15 is 0 Å². The van der Waals surface area contributed by atoms with E-state index in [1.165, 1.54) is 0 Å². The van der Waals surface area contributed by atoms with Crippen LogP contribution in [0, 0.1) is 11.3 Å². The molecule has 0 aliphatic heterocycles. The van der Waals surface area contributed by atoms with Gasteiger partial charge in [0.05, 0.1) is 11.3 Å². The van der Waals surface area contributed by atoms with Crippen molar-refractivity contribution >= 4 is 26.7 Å². The van der Waals surface area contributed by atoms with E-state index in [4.69, 9.17) is 5.26 Å². The maximum absolute atomic E-state index is 9.10. The average Bonchev–Trinajstić information content (AvgIpc) is 2.47. The van der Waals surface area contributed by atoms with Crippen molar-refractivity contribution in [1.29, 1.82) is 5.26 Å². The van der Waals surface area contributed by atoms with Gasteiger partial charge < -0.3 is 0 Å². The van der Waals surface area contributed by atoms with Crippen LogP contribution < -0.4 is 0 Å². The summed E-state index contributed by atoms with van der Waals surface area (Å²) < 4.78 is 0.805. The molecule has 0 amide bonds. The molecule has 3 heteroatoms. The Kier molecular flexibility index (Phi) is 3.02. The summed E-state index contributed by atoms with van der Waals surface area (Å²) in [6, 6.07) is 18.0. The van der Waals surface area contributed by atoms with Crippen molar-refractivity contribution in [2.45, 2.75) is 0 Å². The zero-order chi connectivity index (χ0) is 13.2. The van der Waals surface area contributed by atoms with Crippen LogP contribution in [0.15, 0.2) is 59.2 Å². The first-order valence-corrected chi connectivity index (χ1v) is 6.62. The van der Waals surface area contributed by atoms with Gasteiger partial charge in [0.2, 0.25) is 0 Å². The molecule has 0 spiro atoms. The Balaban J connectivity index is 2.28. The van der Waals surface area contributed by atoms with Gasteiger partial charge in [-0.1, -0.05) is 30.3 Å². The molecular weight excluding hydrogens is 300 g/mol. The van der Waals surface area contributed by atoms with Crippen LogP contribution in [0.3, 0.4) is 0 Å². The van der Waals surface area contributed by atoms with Gasteiger partial charge in [0.1, 0.15) is 6.07 Å². The highest BCUT2D eigenvalue weighted by atomic mass is 79.9. The predicted molar refractivity (Wildman–Crippen MR) is 79.6 cm³/mol. The Morgan fingerprint density at radius 1 is 1.05 bits per heavy atom. The number of hydrogen-bond acceptors (Lipinski definition) is 2. The lowest BCUT2D eigenvalue weighted by atomic mass is 10.0. The minimum absolute atomic E-state index is 0.618. The normalized spacial score (nSPS) is 10.3. The molecular formula is C16H9BrN2. The highest BCUT2D eigenvalue weighted by Gasteiger charge is 2.07. The number of rotatable bonds is 1. The maximum atomic E-state index is 9.10. The fraction of sp³-hybridized carbons (Fsp3) is 0. The summed E-state index contributed by atoms with van der Waals surface area (Å²) >= 11 is 3.37. The lowest BCUT2D eigenvalue weighted by Crippen LogP contribution is -1.87. The van der Waals surface area contributed by atoms with Crippen LogP contribution in [0.2, 0.25) is 0 Å². The van der Waals surface area contributed by atoms with Gasteiger partial charge in [-0.25, -0.2) is 0 Å². The fourth-order valence-electron chi connectivity index (χ4n) is 2.11. The first kappa shape index (κ1) is 11.9. The van der Waals surface area contributed by atoms with Crippen molar-refractivity contribution in [2.24, 2.45) is 0 Å². The summed E-state index contributed by atoms with van der Waals surface area (Å²) in [5, 5.41) is 11.3. The second-order valence-corrected chi connectivity index (χ2v) is 5.04. The number of fused-ring (bicyclic) bond motifs is 1. The molecule has 0 bridgehead atoms. The Hall–Kier alpha value is -2.18. The van der Waals surface area contributed by atoms with Crippen LogP contribution in [-0.4, -0.2) is 4.98 Å². The Morgan fingerprint density at radius 2 is 1.89 bits per heavy atom. The molecule has 0 aliphatic rings. The molecule has 0 saturated heterocycles. The van der Waals surface area contributed by atoms with Gasteiger partial charge in [0.25, 0.3) is 0 Å². The van der Waals surface area contributed by atoms with Crippen LogP contribution in [-0.2, 0) is 0 Å². The van der Waals surface area contributed by atoms with E-state index in [0.717, 1.165) is 26.5 Å². The zero-order valence-electron chi connectivity index (χ0n) is 9.97. The molecule has 0 atom stereocenters. The second-order valence-electron chi connectivity index (χ2n) is 4.19. The molecule has 0 fully saturated rings. The molecule has 2 aromatic carbocycles. The van der Waals surface area contributed by atoms with Crippen molar-refractivity contribution < 1.29 is 0 Å². The Labute approximate surface area is 119 Å². The number of aromatic nitrogens is 1. The molecule has 3 aromatic rings. The summed E-state index contributed by atoms with van der Waals surface area (Å²) in [6.45, 7) is 0. The number of pyridine rings is 1. The summed E-state index contributed by atoms with van der Waals surface area (Å²) in [5.74, 6) is 0. The molecule has 3 rings (SSSR count). The van der Waals surface area contributed by atoms with E-state index in [0.29, 0.717) is 5.56 Å². The molecule has 0 aliphatic carbocycles. The number of nitriles is 1. The molecule has 0 saturated carbocycles. The van der Waals surface area contributed by atoms with Crippen molar-refractivity contribution in [3.63, 3.8) is 0 Å². The lowest BCUT2D eigenvalue weighted by molar-refractivity contribution is 1.35. The molecule has 19 heavy (non-hydrogen) atoms. The van der Waals surface area contributed by atoms with Gasteiger partial charge >= 0.3 is 0 Å². The van der Waals surface area contributed by atoms with Gasteiger partial charge in [-0.2, -0.15) is 5.26 Å². The summed E-state index contributed by atoms with van der Waals surface area (Å²) in [7, 11) is 0. The molecule has 1 aromatic heterocycles. The zero-order valence-corrected chi connectivity index (χ0v) is 11.6. The number of halogens is 1. The van der Waals surface area contributed by atoms with Crippen LogP contribution in [0.25, 0.3) is 22.0 Å². The minimum atomic E-state index is 0.618. The summed E-state index contributed by atoms with van der Waals surface area (Å²) in [4.78, 5) is 4.46. The van der Waals surface area contributed by atoms with E-state index in [2.05, 4.69) is 33.0 Å². The highest BCUT2D eigenvalue weighted by Crippen LogP contribution is 2.29. The number of nitrogens with zero attached hydrogens (tertiary/aromatic N) is 2. The van der Waals surface area contributed by atoms with Gasteiger partial charge in [0, 0.05) is 21.6 Å². The van der Waals surface area contributed by atoms with Crippen LogP contribution in [0.4, 0.5) is 0 Å². The first-order valence-electron chi connectivity index (χ1n) is 5.83. The topological polar surface area (TPSA) is 36.7 Å². The molecule has 90 valence electrons. The standard InChI is InChI=1S/C16H9BrN2/c17-15-6-5-12(9-13(15)10-18)16-14-4-2-1-3-11(14)7-8-19-16/h1-9H. The summed E-state index contributed by atoms with van der Waals surface area (Å²) in [5.41, 5.74) is 2.48. The lowest BCUT2D eigenvalue weighted by Gasteiger charge is -2.06. The SMILES string of the molecule is N#Cc1cc(-c2nccc3ccccc23)ccc1Br. The van der Waals surface area contributed by atoms with Crippen molar-refractivity contribution in [1.82, 2.24) is 4.98 Å². The maximum Gasteiger partial charge on any atom is 0.100 e. The van der Waals surface area contributed by atoms with Crippen molar-refractivity contribution in [3.05, 3.63) is 64.8 Å². The van der Waals surface area contributed by atoms with E-state index in [-0.39, 0.29) is 0 Å². The highest BCUT2D eigenvalue weighted by molar-refractivity contribution is 9.10. The average molecular weight is 309 g/mol. The van der Waals surface area contributed by atoms with E-state index in [1.54, 1.807) is 6.20 Å². The first-order chi connectivity index (χ1) is 9.29. The Bertz CT molecular complexity index is 798. The third-order valence-corrected chi connectivity index (χ3v) is 3.73. The molecule has 0 radical (unpaired) electrons. The van der Waals surface area contributed by atoms with Crippen molar-refractivity contribution in [3.8, 4) is 17.3 Å². The molecule has 0 unspecified atom stereocenters. The monoisotopic (exact) mass is 308 g/mol. The van der Waals surface area contributed by atoms with Crippen LogP contribution >= 0.6 is 15.9 Å². The fourth-order valence-corrected chi connectivity index (χ4v) is 2.44. The minimum Gasteiger partial charge on any atom is -0.256 e. The number of benzene rings is 2. The van der Waals surface area contributed by atoms with Crippen LogP contribution in [0.5, 0.6) is 0 Å². The predicted octanol–water partition coefficient (Wildman–Crippen LogP) is 4.54. The van der Waals surface area contributed by atoms with Crippen LogP contribution in [0.1, 0.15) is 5.56 Å². The summed E-state index contributed by atoms with van der Waals surface area (Å²) in [6.07, 6.45) is 1.80.